The summed E-state index contributed by atoms with van der Waals surface area (Å²) in [4.78, 5) is 12.5. The molecule has 0 radical (unpaired) electrons. The zero-order valence-corrected chi connectivity index (χ0v) is 11.1. The van der Waals surface area contributed by atoms with Crippen LogP contribution in [-0.2, 0) is 0 Å². The molecule has 0 aromatic heterocycles. The molecule has 16 heavy (non-hydrogen) atoms. The standard InChI is InChI=1S/C12H17NOS2/c1-16-9-5-4-8-13-12(14)10-6-2-3-7-11(10)15/h2-3,6-7,15H,4-5,8-9H2,1H3,(H,13,14). The maximum atomic E-state index is 11.7. The Morgan fingerprint density at radius 2 is 2.12 bits per heavy atom. The van der Waals surface area contributed by atoms with E-state index in [0.29, 0.717) is 5.56 Å². The van der Waals surface area contributed by atoms with Crippen molar-refractivity contribution in [3.63, 3.8) is 0 Å². The number of hydrogen-bond donors (Lipinski definition) is 2. The molecule has 0 saturated heterocycles. The van der Waals surface area contributed by atoms with Crippen molar-refractivity contribution in [2.75, 3.05) is 18.6 Å². The molecule has 2 nitrogen and oxygen atoms in total. The van der Waals surface area contributed by atoms with E-state index in [1.165, 1.54) is 0 Å². The number of hydrogen-bond acceptors (Lipinski definition) is 3. The van der Waals surface area contributed by atoms with Crippen molar-refractivity contribution in [1.29, 1.82) is 0 Å². The van der Waals surface area contributed by atoms with Crippen molar-refractivity contribution in [3.8, 4) is 0 Å². The molecule has 1 rings (SSSR count). The second kappa shape index (κ2) is 7.63. The highest BCUT2D eigenvalue weighted by molar-refractivity contribution is 7.98. The van der Waals surface area contributed by atoms with Crippen LogP contribution in [-0.4, -0.2) is 24.5 Å². The van der Waals surface area contributed by atoms with Crippen LogP contribution >= 0.6 is 24.4 Å². The fourth-order valence-electron chi connectivity index (χ4n) is 1.33. The van der Waals surface area contributed by atoms with E-state index >= 15 is 0 Å². The predicted molar refractivity (Wildman–Crippen MR) is 73.6 cm³/mol. The van der Waals surface area contributed by atoms with Crippen molar-refractivity contribution in [1.82, 2.24) is 5.32 Å². The fraction of sp³-hybridized carbons (Fsp3) is 0.417. The Kier molecular flexibility index (Phi) is 6.42. The average molecular weight is 255 g/mol. The topological polar surface area (TPSA) is 29.1 Å². The van der Waals surface area contributed by atoms with Crippen molar-refractivity contribution < 1.29 is 4.79 Å². The first-order chi connectivity index (χ1) is 7.75. The highest BCUT2D eigenvalue weighted by atomic mass is 32.2. The molecule has 0 aliphatic carbocycles. The molecule has 0 saturated carbocycles. The van der Waals surface area contributed by atoms with Gasteiger partial charge in [-0.1, -0.05) is 12.1 Å². The van der Waals surface area contributed by atoms with E-state index in [0.717, 1.165) is 30.0 Å². The monoisotopic (exact) mass is 255 g/mol. The lowest BCUT2D eigenvalue weighted by Gasteiger charge is -2.06. The molecule has 0 atom stereocenters. The molecule has 88 valence electrons. The quantitative estimate of drug-likeness (QED) is 0.604. The minimum absolute atomic E-state index is 0.0326. The summed E-state index contributed by atoms with van der Waals surface area (Å²) in [5, 5.41) is 2.90. The molecule has 1 N–H and O–H groups in total. The number of thioether (sulfide) groups is 1. The zero-order chi connectivity index (χ0) is 11.8. The van der Waals surface area contributed by atoms with E-state index in [1.807, 2.05) is 30.0 Å². The number of benzene rings is 1. The molecule has 0 aliphatic rings. The predicted octanol–water partition coefficient (Wildman–Crippen LogP) is 2.85. The molecular formula is C12H17NOS2. The summed E-state index contributed by atoms with van der Waals surface area (Å²) in [7, 11) is 0. The van der Waals surface area contributed by atoms with Gasteiger partial charge in [-0.15, -0.1) is 12.6 Å². The number of rotatable bonds is 6. The van der Waals surface area contributed by atoms with Gasteiger partial charge in [-0.25, -0.2) is 0 Å². The van der Waals surface area contributed by atoms with E-state index in [2.05, 4.69) is 24.2 Å². The van der Waals surface area contributed by atoms with Gasteiger partial charge in [-0.3, -0.25) is 4.79 Å². The smallest absolute Gasteiger partial charge is 0.252 e. The van der Waals surface area contributed by atoms with Crippen molar-refractivity contribution in [3.05, 3.63) is 29.8 Å². The normalized spacial score (nSPS) is 10.1. The first kappa shape index (κ1) is 13.5. The SMILES string of the molecule is CSCCCCNC(=O)c1ccccc1S. The Bertz CT molecular complexity index is 342. The van der Waals surface area contributed by atoms with Crippen molar-refractivity contribution >= 4 is 30.3 Å². The summed E-state index contributed by atoms with van der Waals surface area (Å²) in [5.41, 5.74) is 0.649. The zero-order valence-electron chi connectivity index (χ0n) is 9.40. The lowest BCUT2D eigenvalue weighted by molar-refractivity contribution is 0.0950. The molecule has 0 heterocycles. The van der Waals surface area contributed by atoms with Gasteiger partial charge in [-0.2, -0.15) is 11.8 Å². The number of unbranched alkanes of at least 4 members (excludes halogenated alkanes) is 1. The number of nitrogens with one attached hydrogen (secondary N) is 1. The van der Waals surface area contributed by atoms with Gasteiger partial charge in [0.1, 0.15) is 0 Å². The summed E-state index contributed by atoms with van der Waals surface area (Å²) in [6.07, 6.45) is 4.26. The van der Waals surface area contributed by atoms with Gasteiger partial charge in [0.25, 0.3) is 5.91 Å². The minimum atomic E-state index is -0.0326. The van der Waals surface area contributed by atoms with E-state index in [1.54, 1.807) is 6.07 Å². The van der Waals surface area contributed by atoms with Crippen LogP contribution in [0, 0.1) is 0 Å². The fourth-order valence-corrected chi connectivity index (χ4v) is 2.09. The first-order valence-corrected chi connectivity index (χ1v) is 7.15. The third-order valence-corrected chi connectivity index (χ3v) is 3.30. The highest BCUT2D eigenvalue weighted by Crippen LogP contribution is 2.12. The summed E-state index contributed by atoms with van der Waals surface area (Å²) < 4.78 is 0. The second-order valence-corrected chi connectivity index (χ2v) is 4.94. The van der Waals surface area contributed by atoms with Crippen LogP contribution in [0.2, 0.25) is 0 Å². The summed E-state index contributed by atoms with van der Waals surface area (Å²) in [6.45, 7) is 0.738. The number of carbonyl (C=O) groups excluding carboxylic acids is 1. The molecule has 0 fully saturated rings. The molecule has 0 aliphatic heterocycles. The van der Waals surface area contributed by atoms with Gasteiger partial charge in [0.2, 0.25) is 0 Å². The molecule has 0 spiro atoms. The third-order valence-electron chi connectivity index (χ3n) is 2.21. The Hall–Kier alpha value is -0.610. The Labute approximate surface area is 107 Å². The largest absolute Gasteiger partial charge is 0.352 e. The molecule has 1 amide bonds. The van der Waals surface area contributed by atoms with Gasteiger partial charge in [0.15, 0.2) is 0 Å². The molecule has 1 aromatic rings. The minimum Gasteiger partial charge on any atom is -0.352 e. The number of thiol groups is 1. The first-order valence-electron chi connectivity index (χ1n) is 5.31. The van der Waals surface area contributed by atoms with E-state index in [-0.39, 0.29) is 5.91 Å². The summed E-state index contributed by atoms with van der Waals surface area (Å²) in [5.74, 6) is 1.12. The van der Waals surface area contributed by atoms with E-state index < -0.39 is 0 Å². The third kappa shape index (κ3) is 4.49. The van der Waals surface area contributed by atoms with E-state index in [4.69, 9.17) is 0 Å². The van der Waals surface area contributed by atoms with Crippen LogP contribution in [0.15, 0.2) is 29.2 Å². The van der Waals surface area contributed by atoms with Crippen LogP contribution in [0.3, 0.4) is 0 Å². The van der Waals surface area contributed by atoms with Gasteiger partial charge >= 0.3 is 0 Å². The number of carbonyl (C=O) groups is 1. The Morgan fingerprint density at radius 1 is 1.38 bits per heavy atom. The maximum absolute atomic E-state index is 11.7. The molecule has 1 aromatic carbocycles. The molecule has 0 bridgehead atoms. The van der Waals surface area contributed by atoms with Gasteiger partial charge in [0, 0.05) is 11.4 Å². The second-order valence-electron chi connectivity index (χ2n) is 3.47. The van der Waals surface area contributed by atoms with Crippen LogP contribution in [0.1, 0.15) is 23.2 Å². The van der Waals surface area contributed by atoms with Gasteiger partial charge in [-0.05, 0) is 37.0 Å². The average Bonchev–Trinajstić information content (AvgIpc) is 2.29. The van der Waals surface area contributed by atoms with Crippen molar-refractivity contribution in [2.24, 2.45) is 0 Å². The summed E-state index contributed by atoms with van der Waals surface area (Å²) >= 11 is 6.09. The molecule has 4 heteroatoms. The van der Waals surface area contributed by atoms with Crippen LogP contribution < -0.4 is 5.32 Å². The summed E-state index contributed by atoms with van der Waals surface area (Å²) in [6, 6.07) is 7.34. The van der Waals surface area contributed by atoms with Crippen LogP contribution in [0.25, 0.3) is 0 Å². The molecule has 0 unspecified atom stereocenters. The highest BCUT2D eigenvalue weighted by Gasteiger charge is 2.06. The number of amides is 1. The molecular weight excluding hydrogens is 238 g/mol. The Morgan fingerprint density at radius 3 is 2.81 bits per heavy atom. The van der Waals surface area contributed by atoms with Gasteiger partial charge < -0.3 is 5.32 Å². The lowest BCUT2D eigenvalue weighted by Crippen LogP contribution is -2.24. The van der Waals surface area contributed by atoms with Gasteiger partial charge in [0.05, 0.1) is 5.56 Å². The Balaban J connectivity index is 2.33. The van der Waals surface area contributed by atoms with E-state index in [9.17, 15) is 4.79 Å². The van der Waals surface area contributed by atoms with Crippen LogP contribution in [0.4, 0.5) is 0 Å². The lowest BCUT2D eigenvalue weighted by atomic mass is 10.2. The van der Waals surface area contributed by atoms with Crippen molar-refractivity contribution in [2.45, 2.75) is 17.7 Å². The van der Waals surface area contributed by atoms with Crippen LogP contribution in [0.5, 0.6) is 0 Å². The maximum Gasteiger partial charge on any atom is 0.252 e.